The van der Waals surface area contributed by atoms with Gasteiger partial charge in [0.15, 0.2) is 0 Å². The van der Waals surface area contributed by atoms with Gasteiger partial charge in [0.1, 0.15) is 5.60 Å². The topological polar surface area (TPSA) is 32.8 Å². The van der Waals surface area contributed by atoms with Crippen LogP contribution in [0.5, 0.6) is 0 Å². The van der Waals surface area contributed by atoms with Gasteiger partial charge in [0.25, 0.3) is 0 Å². The predicted octanol–water partition coefficient (Wildman–Crippen LogP) is 5.14. The Balaban J connectivity index is 1.82. The van der Waals surface area contributed by atoms with Crippen LogP contribution in [0, 0.1) is 0 Å². The maximum Gasteiger partial charge on any atom is 0.416 e. The number of hydrogen-bond donors (Lipinski definition) is 0. The maximum atomic E-state index is 13.4. The van der Waals surface area contributed by atoms with Crippen molar-refractivity contribution in [3.05, 3.63) is 71.3 Å². The van der Waals surface area contributed by atoms with Crippen molar-refractivity contribution in [3.8, 4) is 0 Å². The third kappa shape index (κ3) is 6.33. The summed E-state index contributed by atoms with van der Waals surface area (Å²) in [6.45, 7) is 9.63. The first-order chi connectivity index (χ1) is 14.9. The summed E-state index contributed by atoms with van der Waals surface area (Å²) in [6, 6.07) is 14.9. The van der Waals surface area contributed by atoms with E-state index in [9.17, 15) is 18.0 Å². The van der Waals surface area contributed by atoms with E-state index in [0.29, 0.717) is 25.2 Å². The zero-order chi connectivity index (χ0) is 23.5. The molecule has 2 aromatic carbocycles. The zero-order valence-electron chi connectivity index (χ0n) is 19.0. The van der Waals surface area contributed by atoms with Gasteiger partial charge in [0.2, 0.25) is 0 Å². The number of benzene rings is 2. The normalized spacial score (nSPS) is 19.5. The summed E-state index contributed by atoms with van der Waals surface area (Å²) in [5, 5.41) is 0. The van der Waals surface area contributed by atoms with Crippen LogP contribution in [0.1, 0.15) is 50.4 Å². The number of rotatable bonds is 5. The second-order valence-corrected chi connectivity index (χ2v) is 9.34. The van der Waals surface area contributed by atoms with Crippen molar-refractivity contribution >= 4 is 5.97 Å². The fourth-order valence-corrected chi connectivity index (χ4v) is 4.17. The molecule has 0 spiro atoms. The van der Waals surface area contributed by atoms with Crippen LogP contribution in [0.15, 0.2) is 54.6 Å². The molecule has 2 unspecified atom stereocenters. The number of carbonyl (C=O) groups is 1. The summed E-state index contributed by atoms with van der Waals surface area (Å²) in [7, 11) is 0. The van der Waals surface area contributed by atoms with E-state index < -0.39 is 17.3 Å². The highest BCUT2D eigenvalue weighted by Gasteiger charge is 2.34. The van der Waals surface area contributed by atoms with E-state index in [2.05, 4.69) is 9.80 Å². The minimum atomic E-state index is -4.39. The molecule has 32 heavy (non-hydrogen) atoms. The van der Waals surface area contributed by atoms with E-state index in [4.69, 9.17) is 4.74 Å². The van der Waals surface area contributed by atoms with Crippen molar-refractivity contribution in [2.75, 3.05) is 26.2 Å². The van der Waals surface area contributed by atoms with Gasteiger partial charge >= 0.3 is 12.1 Å². The van der Waals surface area contributed by atoms with Crippen molar-refractivity contribution in [1.82, 2.24) is 9.80 Å². The number of esters is 1. The van der Waals surface area contributed by atoms with Crippen LogP contribution in [-0.4, -0.2) is 53.6 Å². The lowest BCUT2D eigenvalue weighted by atomic mass is 9.94. The van der Waals surface area contributed by atoms with E-state index in [1.165, 1.54) is 12.1 Å². The molecule has 174 valence electrons. The Bertz CT molecular complexity index is 909. The van der Waals surface area contributed by atoms with Crippen LogP contribution in [0.4, 0.5) is 13.2 Å². The first-order valence-corrected chi connectivity index (χ1v) is 10.9. The van der Waals surface area contributed by atoms with Crippen LogP contribution in [0.25, 0.3) is 0 Å². The maximum absolute atomic E-state index is 13.4. The molecule has 1 saturated heterocycles. The molecule has 1 aliphatic heterocycles. The summed E-state index contributed by atoms with van der Waals surface area (Å²) in [4.78, 5) is 16.5. The van der Waals surface area contributed by atoms with Crippen molar-refractivity contribution in [3.63, 3.8) is 0 Å². The second-order valence-electron chi connectivity index (χ2n) is 9.34. The number of alkyl halides is 3. The molecule has 3 rings (SSSR count). The Morgan fingerprint density at radius 2 is 1.69 bits per heavy atom. The summed E-state index contributed by atoms with van der Waals surface area (Å²) in [5.41, 5.74) is 0.371. The van der Waals surface area contributed by atoms with Crippen molar-refractivity contribution in [1.29, 1.82) is 0 Å². The molecule has 0 amide bonds. The first-order valence-electron chi connectivity index (χ1n) is 10.9. The smallest absolute Gasteiger partial charge is 0.416 e. The van der Waals surface area contributed by atoms with Gasteiger partial charge in [-0.15, -0.1) is 0 Å². The third-order valence-corrected chi connectivity index (χ3v) is 5.56. The van der Waals surface area contributed by atoms with E-state index in [1.54, 1.807) is 6.07 Å². The predicted molar refractivity (Wildman–Crippen MR) is 118 cm³/mol. The fraction of sp³-hybridized carbons (Fsp3) is 0.480. The Labute approximate surface area is 188 Å². The molecule has 1 fully saturated rings. The number of nitrogens with zero attached hydrogens (tertiary/aromatic N) is 2. The van der Waals surface area contributed by atoms with Crippen molar-refractivity contribution < 1.29 is 22.7 Å². The third-order valence-electron chi connectivity index (χ3n) is 5.56. The number of halogens is 3. The summed E-state index contributed by atoms with van der Waals surface area (Å²) in [5.74, 6) is -0.268. The average Bonchev–Trinajstić information content (AvgIpc) is 2.69. The van der Waals surface area contributed by atoms with Gasteiger partial charge in [-0.3, -0.25) is 14.6 Å². The molecule has 4 nitrogen and oxygen atoms in total. The standard InChI is InChI=1S/C25H31F3N2O2/c1-18-16-30(14-13-29(18)17-22(31)32-24(2,3)4)23(19-9-6-5-7-10-19)20-11-8-12-21(15-20)25(26,27)28/h5-12,15,18,23H,13-14,16-17H2,1-4H3. The van der Waals surface area contributed by atoms with Gasteiger partial charge in [0.05, 0.1) is 18.2 Å². The lowest BCUT2D eigenvalue weighted by molar-refractivity contribution is -0.157. The highest BCUT2D eigenvalue weighted by molar-refractivity contribution is 5.72. The number of ether oxygens (including phenoxy) is 1. The Morgan fingerprint density at radius 3 is 2.28 bits per heavy atom. The molecule has 2 aromatic rings. The molecule has 0 aliphatic carbocycles. The minimum absolute atomic E-state index is 0.0493. The quantitative estimate of drug-likeness (QED) is 0.593. The van der Waals surface area contributed by atoms with Gasteiger partial charge in [-0.05, 0) is 51.0 Å². The minimum Gasteiger partial charge on any atom is -0.459 e. The van der Waals surface area contributed by atoms with E-state index in [1.807, 2.05) is 58.0 Å². The van der Waals surface area contributed by atoms with E-state index in [0.717, 1.165) is 11.6 Å². The number of carbonyl (C=O) groups excluding carboxylic acids is 1. The average molecular weight is 449 g/mol. The SMILES string of the molecule is CC1CN(C(c2ccccc2)c2cccc(C(F)(F)F)c2)CCN1CC(=O)OC(C)(C)C. The Morgan fingerprint density at radius 1 is 1.03 bits per heavy atom. The van der Waals surface area contributed by atoms with Crippen molar-refractivity contribution in [2.24, 2.45) is 0 Å². The molecule has 0 bridgehead atoms. The van der Waals surface area contributed by atoms with Crippen LogP contribution < -0.4 is 0 Å². The van der Waals surface area contributed by atoms with Gasteiger partial charge in [-0.2, -0.15) is 13.2 Å². The lowest BCUT2D eigenvalue weighted by Crippen LogP contribution is -2.54. The summed E-state index contributed by atoms with van der Waals surface area (Å²) in [6.07, 6.45) is -4.39. The van der Waals surface area contributed by atoms with Gasteiger partial charge in [-0.1, -0.05) is 42.5 Å². The highest BCUT2D eigenvalue weighted by Crippen LogP contribution is 2.35. The zero-order valence-corrected chi connectivity index (χ0v) is 19.0. The largest absolute Gasteiger partial charge is 0.459 e. The summed E-state index contributed by atoms with van der Waals surface area (Å²) < 4.78 is 45.5. The van der Waals surface area contributed by atoms with Crippen LogP contribution in [0.3, 0.4) is 0 Å². The monoisotopic (exact) mass is 448 g/mol. The second kappa shape index (κ2) is 9.63. The van der Waals surface area contributed by atoms with Crippen LogP contribution >= 0.6 is 0 Å². The molecule has 2 atom stereocenters. The molecule has 1 aliphatic rings. The van der Waals surface area contributed by atoms with Gasteiger partial charge in [0, 0.05) is 25.7 Å². The Hall–Kier alpha value is -2.38. The van der Waals surface area contributed by atoms with E-state index >= 15 is 0 Å². The molecular formula is C25H31F3N2O2. The summed E-state index contributed by atoms with van der Waals surface area (Å²) >= 11 is 0. The number of piperazine rings is 1. The molecular weight excluding hydrogens is 417 g/mol. The van der Waals surface area contributed by atoms with E-state index in [-0.39, 0.29) is 24.6 Å². The first kappa shape index (κ1) is 24.3. The lowest BCUT2D eigenvalue weighted by Gasteiger charge is -2.43. The molecule has 0 radical (unpaired) electrons. The van der Waals surface area contributed by atoms with Crippen LogP contribution in [0.2, 0.25) is 0 Å². The fourth-order valence-electron chi connectivity index (χ4n) is 4.17. The van der Waals surface area contributed by atoms with Gasteiger partial charge < -0.3 is 4.74 Å². The molecule has 1 heterocycles. The number of hydrogen-bond acceptors (Lipinski definition) is 4. The van der Waals surface area contributed by atoms with Crippen LogP contribution in [-0.2, 0) is 15.7 Å². The van der Waals surface area contributed by atoms with Gasteiger partial charge in [-0.25, -0.2) is 0 Å². The molecule has 0 aromatic heterocycles. The molecule has 0 saturated carbocycles. The molecule has 0 N–H and O–H groups in total. The molecule has 7 heteroatoms. The Kier molecular flexibility index (Phi) is 7.30. The highest BCUT2D eigenvalue weighted by atomic mass is 19.4. The van der Waals surface area contributed by atoms with Crippen molar-refractivity contribution in [2.45, 2.75) is 51.6 Å².